The minimum absolute atomic E-state index is 0.151. The van der Waals surface area contributed by atoms with Crippen molar-refractivity contribution < 1.29 is 4.79 Å². The molecule has 1 aliphatic carbocycles. The molecule has 1 aromatic rings. The first kappa shape index (κ1) is 14.5. The van der Waals surface area contributed by atoms with E-state index in [1.165, 1.54) is 45.7 Å². The van der Waals surface area contributed by atoms with Gasteiger partial charge in [-0.3, -0.25) is 9.59 Å². The van der Waals surface area contributed by atoms with Crippen LogP contribution in [0.3, 0.4) is 0 Å². The largest absolute Gasteiger partial charge is 0.315 e. The molecule has 0 atom stereocenters. The van der Waals surface area contributed by atoms with E-state index in [2.05, 4.69) is 4.90 Å². The van der Waals surface area contributed by atoms with Crippen LogP contribution in [0.5, 0.6) is 0 Å². The van der Waals surface area contributed by atoms with Gasteiger partial charge in [0.2, 0.25) is 0 Å². The molecule has 1 aromatic heterocycles. The fraction of sp³-hybridized carbons (Fsp3) is 0.647. The Labute approximate surface area is 125 Å². The Morgan fingerprint density at radius 1 is 1.29 bits per heavy atom. The molecule has 1 spiro atoms. The highest BCUT2D eigenvalue weighted by Crippen LogP contribution is 2.47. The summed E-state index contributed by atoms with van der Waals surface area (Å²) < 4.78 is 1.67. The summed E-state index contributed by atoms with van der Waals surface area (Å²) >= 11 is 0. The summed E-state index contributed by atoms with van der Waals surface area (Å²) in [5, 5.41) is 0. The standard InChI is InChI=1S/C17H24N2O2/c1-14(20)15-5-2-10-19(16(15)21)11-4-9-18-12-8-17(13-18)6-3-7-17/h2,5,10H,3-4,6-9,11-13H2,1H3. The molecule has 1 saturated heterocycles. The van der Waals surface area contributed by atoms with Gasteiger partial charge in [-0.2, -0.15) is 0 Å². The highest BCUT2D eigenvalue weighted by atomic mass is 16.1. The third-order valence-corrected chi connectivity index (χ3v) is 5.20. The molecule has 2 heterocycles. The van der Waals surface area contributed by atoms with E-state index in [4.69, 9.17) is 0 Å². The Kier molecular flexibility index (Phi) is 3.98. The van der Waals surface area contributed by atoms with Crippen molar-refractivity contribution in [2.75, 3.05) is 19.6 Å². The number of aryl methyl sites for hydroxylation is 1. The van der Waals surface area contributed by atoms with Crippen LogP contribution in [-0.4, -0.2) is 34.9 Å². The first-order chi connectivity index (χ1) is 10.1. The van der Waals surface area contributed by atoms with Gasteiger partial charge in [-0.25, -0.2) is 0 Å². The molecular formula is C17H24N2O2. The zero-order valence-corrected chi connectivity index (χ0v) is 12.8. The molecule has 4 nitrogen and oxygen atoms in total. The van der Waals surface area contributed by atoms with Crippen LogP contribution < -0.4 is 5.56 Å². The van der Waals surface area contributed by atoms with Crippen LogP contribution in [0.25, 0.3) is 0 Å². The lowest BCUT2D eigenvalue weighted by Crippen LogP contribution is -2.34. The number of ketones is 1. The van der Waals surface area contributed by atoms with Gasteiger partial charge in [0.15, 0.2) is 5.78 Å². The van der Waals surface area contributed by atoms with Crippen LogP contribution in [0.2, 0.25) is 0 Å². The zero-order valence-electron chi connectivity index (χ0n) is 12.8. The molecule has 0 bridgehead atoms. The average Bonchev–Trinajstić information content (AvgIpc) is 2.85. The van der Waals surface area contributed by atoms with E-state index >= 15 is 0 Å². The maximum atomic E-state index is 12.1. The lowest BCUT2D eigenvalue weighted by Gasteiger charge is -2.38. The van der Waals surface area contributed by atoms with Crippen LogP contribution in [0.4, 0.5) is 0 Å². The van der Waals surface area contributed by atoms with Crippen molar-refractivity contribution in [1.29, 1.82) is 0 Å². The van der Waals surface area contributed by atoms with Crippen LogP contribution in [0, 0.1) is 5.41 Å². The SMILES string of the molecule is CC(=O)c1cccn(CCCN2CCC3(CCC3)C2)c1=O. The van der Waals surface area contributed by atoms with Crippen molar-refractivity contribution in [2.24, 2.45) is 5.41 Å². The fourth-order valence-electron chi connectivity index (χ4n) is 3.75. The van der Waals surface area contributed by atoms with Gasteiger partial charge < -0.3 is 9.47 Å². The number of hydrogen-bond donors (Lipinski definition) is 0. The molecule has 2 fully saturated rings. The molecule has 0 amide bonds. The summed E-state index contributed by atoms with van der Waals surface area (Å²) in [5.41, 5.74) is 0.791. The van der Waals surface area contributed by atoms with Gasteiger partial charge >= 0.3 is 0 Å². The Morgan fingerprint density at radius 2 is 2.10 bits per heavy atom. The topological polar surface area (TPSA) is 42.3 Å². The second-order valence-electron chi connectivity index (χ2n) is 6.71. The second kappa shape index (κ2) is 5.76. The number of hydrogen-bond acceptors (Lipinski definition) is 3. The van der Waals surface area contributed by atoms with E-state index in [1.54, 1.807) is 22.9 Å². The minimum Gasteiger partial charge on any atom is -0.315 e. The van der Waals surface area contributed by atoms with E-state index < -0.39 is 0 Å². The van der Waals surface area contributed by atoms with E-state index in [0.29, 0.717) is 17.5 Å². The van der Waals surface area contributed by atoms with Gasteiger partial charge in [-0.1, -0.05) is 6.42 Å². The summed E-state index contributed by atoms with van der Waals surface area (Å²) in [7, 11) is 0. The van der Waals surface area contributed by atoms with Crippen LogP contribution in [0.15, 0.2) is 23.1 Å². The van der Waals surface area contributed by atoms with Crippen molar-refractivity contribution in [3.8, 4) is 0 Å². The van der Waals surface area contributed by atoms with Crippen molar-refractivity contribution in [3.05, 3.63) is 34.2 Å². The van der Waals surface area contributed by atoms with Crippen LogP contribution >= 0.6 is 0 Å². The maximum Gasteiger partial charge on any atom is 0.261 e. The Hall–Kier alpha value is -1.42. The molecule has 0 N–H and O–H groups in total. The normalized spacial score (nSPS) is 20.6. The Bertz CT molecular complexity index is 587. The van der Waals surface area contributed by atoms with Crippen molar-refractivity contribution in [2.45, 2.75) is 45.6 Å². The Balaban J connectivity index is 1.53. The third kappa shape index (κ3) is 2.95. The van der Waals surface area contributed by atoms with E-state index in [9.17, 15) is 9.59 Å². The van der Waals surface area contributed by atoms with Crippen molar-refractivity contribution in [3.63, 3.8) is 0 Å². The molecule has 4 heteroatoms. The molecular weight excluding hydrogens is 264 g/mol. The predicted molar refractivity (Wildman–Crippen MR) is 82.7 cm³/mol. The van der Waals surface area contributed by atoms with Gasteiger partial charge in [0.05, 0.1) is 5.56 Å². The molecule has 1 saturated carbocycles. The number of rotatable bonds is 5. The minimum atomic E-state index is -0.152. The van der Waals surface area contributed by atoms with Crippen molar-refractivity contribution >= 4 is 5.78 Å². The molecule has 0 unspecified atom stereocenters. The Morgan fingerprint density at radius 3 is 2.71 bits per heavy atom. The number of carbonyl (C=O) groups excluding carboxylic acids is 1. The molecule has 114 valence electrons. The van der Waals surface area contributed by atoms with Gasteiger partial charge in [0.25, 0.3) is 5.56 Å². The van der Waals surface area contributed by atoms with E-state index in [-0.39, 0.29) is 11.3 Å². The summed E-state index contributed by atoms with van der Waals surface area (Å²) in [6.07, 6.45) is 8.32. The second-order valence-corrected chi connectivity index (χ2v) is 6.71. The molecule has 2 aliphatic rings. The number of aromatic nitrogens is 1. The van der Waals surface area contributed by atoms with E-state index in [0.717, 1.165) is 13.0 Å². The van der Waals surface area contributed by atoms with Gasteiger partial charge in [0, 0.05) is 19.3 Å². The lowest BCUT2D eigenvalue weighted by atomic mass is 9.68. The first-order valence-corrected chi connectivity index (χ1v) is 8.02. The summed E-state index contributed by atoms with van der Waals surface area (Å²) in [6, 6.07) is 3.40. The van der Waals surface area contributed by atoms with Gasteiger partial charge in [-0.05, 0) is 63.2 Å². The van der Waals surface area contributed by atoms with Gasteiger partial charge in [0.1, 0.15) is 0 Å². The number of pyridine rings is 1. The lowest BCUT2D eigenvalue weighted by molar-refractivity contribution is 0.101. The van der Waals surface area contributed by atoms with Crippen molar-refractivity contribution in [1.82, 2.24) is 9.47 Å². The number of Topliss-reactive ketones (excluding diaryl/α,β-unsaturated/α-hetero) is 1. The van der Waals surface area contributed by atoms with Crippen LogP contribution in [0.1, 0.15) is 49.4 Å². The monoisotopic (exact) mass is 288 g/mol. The molecule has 0 aromatic carbocycles. The summed E-state index contributed by atoms with van der Waals surface area (Å²) in [4.78, 5) is 26.1. The summed E-state index contributed by atoms with van der Waals surface area (Å²) in [6.45, 7) is 5.66. The zero-order chi connectivity index (χ0) is 14.9. The highest BCUT2D eigenvalue weighted by molar-refractivity contribution is 5.93. The van der Waals surface area contributed by atoms with Gasteiger partial charge in [-0.15, -0.1) is 0 Å². The summed E-state index contributed by atoms with van der Waals surface area (Å²) in [5.74, 6) is -0.152. The first-order valence-electron chi connectivity index (χ1n) is 8.02. The number of carbonyl (C=O) groups is 1. The molecule has 21 heavy (non-hydrogen) atoms. The average molecular weight is 288 g/mol. The molecule has 3 rings (SSSR count). The van der Waals surface area contributed by atoms with Crippen LogP contribution in [-0.2, 0) is 6.54 Å². The fourth-order valence-corrected chi connectivity index (χ4v) is 3.75. The number of likely N-dealkylation sites (tertiary alicyclic amines) is 1. The smallest absolute Gasteiger partial charge is 0.261 e. The maximum absolute atomic E-state index is 12.1. The van der Waals surface area contributed by atoms with E-state index in [1.807, 2.05) is 0 Å². The highest BCUT2D eigenvalue weighted by Gasteiger charge is 2.42. The predicted octanol–water partition coefficient (Wildman–Crippen LogP) is 2.32. The quantitative estimate of drug-likeness (QED) is 0.781. The number of nitrogens with zero attached hydrogens (tertiary/aromatic N) is 2. The molecule has 1 aliphatic heterocycles. The molecule has 0 radical (unpaired) electrons. The third-order valence-electron chi connectivity index (χ3n) is 5.20.